The fourth-order valence-corrected chi connectivity index (χ4v) is 3.47. The molecule has 6 nitrogen and oxygen atoms in total. The normalized spacial score (nSPS) is 16.9. The molecule has 1 aliphatic rings. The summed E-state index contributed by atoms with van der Waals surface area (Å²) in [6.07, 6.45) is 4.92. The molecule has 1 aromatic heterocycles. The highest BCUT2D eigenvalue weighted by Crippen LogP contribution is 2.20. The van der Waals surface area contributed by atoms with Gasteiger partial charge in [0.15, 0.2) is 0 Å². The topological polar surface area (TPSA) is 77.6 Å². The highest BCUT2D eigenvalue weighted by molar-refractivity contribution is 6.00. The molecule has 0 radical (unpaired) electrons. The summed E-state index contributed by atoms with van der Waals surface area (Å²) in [5.74, 6) is -0.373. The van der Waals surface area contributed by atoms with Crippen LogP contribution in [0, 0.1) is 0 Å². The molecule has 6 heteroatoms. The second kappa shape index (κ2) is 7.45. The Labute approximate surface area is 156 Å². The molecule has 2 aromatic carbocycles. The van der Waals surface area contributed by atoms with Gasteiger partial charge in [-0.05, 0) is 31.0 Å². The summed E-state index contributed by atoms with van der Waals surface area (Å²) in [4.78, 5) is 30.0. The number of nitrogens with zero attached hydrogens (tertiary/aromatic N) is 2. The number of amides is 2. The maximum atomic E-state index is 12.7. The van der Waals surface area contributed by atoms with Gasteiger partial charge in [0.05, 0.1) is 6.21 Å². The largest absolute Gasteiger partial charge is 0.361 e. The Morgan fingerprint density at radius 2 is 1.89 bits per heavy atom. The number of rotatable bonds is 4. The van der Waals surface area contributed by atoms with Crippen molar-refractivity contribution in [3.05, 3.63) is 71.9 Å². The summed E-state index contributed by atoms with van der Waals surface area (Å²) in [5.41, 5.74) is 5.10. The van der Waals surface area contributed by atoms with E-state index in [4.69, 9.17) is 0 Å². The lowest BCUT2D eigenvalue weighted by Crippen LogP contribution is -2.44. The number of likely N-dealkylation sites (tertiary alicyclic amines) is 1. The minimum absolute atomic E-state index is 0.117. The van der Waals surface area contributed by atoms with Crippen LogP contribution in [0.3, 0.4) is 0 Å². The SMILES string of the molecule is O=C(N/N=C/c1c[nH]c2ccccc12)C1CCCN1C(=O)c1ccccc1. The van der Waals surface area contributed by atoms with Crippen LogP contribution in [0.1, 0.15) is 28.8 Å². The molecular weight excluding hydrogens is 340 g/mol. The molecule has 0 spiro atoms. The van der Waals surface area contributed by atoms with Crippen molar-refractivity contribution in [3.63, 3.8) is 0 Å². The van der Waals surface area contributed by atoms with Crippen LogP contribution in [0.4, 0.5) is 0 Å². The molecule has 2 N–H and O–H groups in total. The van der Waals surface area contributed by atoms with Gasteiger partial charge in [0.25, 0.3) is 11.8 Å². The molecule has 27 heavy (non-hydrogen) atoms. The number of carbonyl (C=O) groups is 2. The summed E-state index contributed by atoms with van der Waals surface area (Å²) in [5, 5.41) is 5.13. The molecule has 4 rings (SSSR count). The number of carbonyl (C=O) groups excluding carboxylic acids is 2. The van der Waals surface area contributed by atoms with Crippen molar-refractivity contribution in [3.8, 4) is 0 Å². The predicted molar refractivity (Wildman–Crippen MR) is 105 cm³/mol. The first-order valence-electron chi connectivity index (χ1n) is 8.99. The van der Waals surface area contributed by atoms with E-state index >= 15 is 0 Å². The molecule has 0 aliphatic carbocycles. The monoisotopic (exact) mass is 360 g/mol. The zero-order valence-corrected chi connectivity index (χ0v) is 14.8. The minimum Gasteiger partial charge on any atom is -0.361 e. The first-order chi connectivity index (χ1) is 13.2. The predicted octanol–water partition coefficient (Wildman–Crippen LogP) is 2.92. The zero-order chi connectivity index (χ0) is 18.6. The van der Waals surface area contributed by atoms with Gasteiger partial charge in [-0.25, -0.2) is 5.43 Å². The Morgan fingerprint density at radius 3 is 2.74 bits per heavy atom. The second-order valence-electron chi connectivity index (χ2n) is 6.55. The maximum Gasteiger partial charge on any atom is 0.262 e. The molecule has 1 unspecified atom stereocenters. The molecule has 2 amide bonds. The number of fused-ring (bicyclic) bond motifs is 1. The van der Waals surface area contributed by atoms with Crippen LogP contribution in [-0.4, -0.2) is 40.5 Å². The Kier molecular flexibility index (Phi) is 4.70. The van der Waals surface area contributed by atoms with Crippen molar-refractivity contribution in [1.82, 2.24) is 15.3 Å². The van der Waals surface area contributed by atoms with Gasteiger partial charge in [0, 0.05) is 34.8 Å². The van der Waals surface area contributed by atoms with Crippen molar-refractivity contribution in [1.29, 1.82) is 0 Å². The summed E-state index contributed by atoms with van der Waals surface area (Å²) in [6.45, 7) is 0.581. The van der Waals surface area contributed by atoms with Gasteiger partial charge in [-0.1, -0.05) is 36.4 Å². The van der Waals surface area contributed by atoms with Gasteiger partial charge in [0.1, 0.15) is 6.04 Å². The lowest BCUT2D eigenvalue weighted by molar-refractivity contribution is -0.124. The Bertz CT molecular complexity index is 994. The van der Waals surface area contributed by atoms with Gasteiger partial charge in [-0.15, -0.1) is 0 Å². The zero-order valence-electron chi connectivity index (χ0n) is 14.8. The molecule has 0 bridgehead atoms. The van der Waals surface area contributed by atoms with E-state index in [0.717, 1.165) is 22.9 Å². The lowest BCUT2D eigenvalue weighted by Gasteiger charge is -2.23. The maximum absolute atomic E-state index is 12.7. The van der Waals surface area contributed by atoms with Crippen LogP contribution in [0.2, 0.25) is 0 Å². The average molecular weight is 360 g/mol. The van der Waals surface area contributed by atoms with Gasteiger partial charge in [-0.2, -0.15) is 5.10 Å². The number of aromatic amines is 1. The van der Waals surface area contributed by atoms with Crippen molar-refractivity contribution < 1.29 is 9.59 Å². The summed E-state index contributed by atoms with van der Waals surface area (Å²) in [7, 11) is 0. The molecule has 1 saturated heterocycles. The number of para-hydroxylation sites is 1. The van der Waals surface area contributed by atoms with Crippen LogP contribution in [-0.2, 0) is 4.79 Å². The fourth-order valence-electron chi connectivity index (χ4n) is 3.47. The number of nitrogens with one attached hydrogen (secondary N) is 2. The summed E-state index contributed by atoms with van der Waals surface area (Å²) in [6, 6.07) is 16.5. The van der Waals surface area contributed by atoms with E-state index in [9.17, 15) is 9.59 Å². The van der Waals surface area contributed by atoms with Gasteiger partial charge in [0.2, 0.25) is 0 Å². The van der Waals surface area contributed by atoms with Crippen molar-refractivity contribution in [2.24, 2.45) is 5.10 Å². The van der Waals surface area contributed by atoms with Crippen LogP contribution in [0.25, 0.3) is 10.9 Å². The molecule has 0 saturated carbocycles. The van der Waals surface area contributed by atoms with Crippen molar-refractivity contribution >= 4 is 28.9 Å². The standard InChI is InChI=1S/C21H20N4O2/c26-20(24-23-14-16-13-22-18-10-5-4-9-17(16)18)19-11-6-12-25(19)21(27)15-7-2-1-3-8-15/h1-5,7-10,13-14,19,22H,6,11-12H2,(H,24,26)/b23-14+. The van der Waals surface area contributed by atoms with Gasteiger partial charge < -0.3 is 9.88 Å². The highest BCUT2D eigenvalue weighted by atomic mass is 16.2. The van der Waals surface area contributed by atoms with Crippen molar-refractivity contribution in [2.75, 3.05) is 6.54 Å². The van der Waals surface area contributed by atoms with E-state index in [-0.39, 0.29) is 11.8 Å². The summed E-state index contributed by atoms with van der Waals surface area (Å²) < 4.78 is 0. The van der Waals surface area contributed by atoms with Crippen molar-refractivity contribution in [2.45, 2.75) is 18.9 Å². The molecule has 1 fully saturated rings. The third kappa shape index (κ3) is 3.46. The van der Waals surface area contributed by atoms with E-state index in [0.29, 0.717) is 18.5 Å². The molecule has 2 heterocycles. The van der Waals surface area contributed by atoms with Crippen LogP contribution < -0.4 is 5.43 Å². The molecule has 1 atom stereocenters. The lowest BCUT2D eigenvalue weighted by atomic mass is 10.1. The van der Waals surface area contributed by atoms with E-state index in [1.165, 1.54) is 0 Å². The fraction of sp³-hybridized carbons (Fsp3) is 0.190. The number of aromatic nitrogens is 1. The molecule has 3 aromatic rings. The van der Waals surface area contributed by atoms with E-state index in [1.54, 1.807) is 23.2 Å². The number of H-pyrrole nitrogens is 1. The number of hydrazone groups is 1. The van der Waals surface area contributed by atoms with Gasteiger partial charge in [-0.3, -0.25) is 9.59 Å². The third-order valence-electron chi connectivity index (χ3n) is 4.84. The van der Waals surface area contributed by atoms with Crippen LogP contribution in [0.15, 0.2) is 65.9 Å². The number of hydrogen-bond acceptors (Lipinski definition) is 3. The molecular formula is C21H20N4O2. The summed E-state index contributed by atoms with van der Waals surface area (Å²) >= 11 is 0. The van der Waals surface area contributed by atoms with E-state index in [1.807, 2.05) is 48.7 Å². The van der Waals surface area contributed by atoms with Gasteiger partial charge >= 0.3 is 0 Å². The molecule has 136 valence electrons. The third-order valence-corrected chi connectivity index (χ3v) is 4.84. The Morgan fingerprint density at radius 1 is 1.11 bits per heavy atom. The van der Waals surface area contributed by atoms with E-state index < -0.39 is 6.04 Å². The number of benzene rings is 2. The Balaban J connectivity index is 1.43. The quantitative estimate of drug-likeness (QED) is 0.554. The Hall–Kier alpha value is -3.41. The first-order valence-corrected chi connectivity index (χ1v) is 8.99. The van der Waals surface area contributed by atoms with E-state index in [2.05, 4.69) is 15.5 Å². The highest BCUT2D eigenvalue weighted by Gasteiger charge is 2.34. The molecule has 1 aliphatic heterocycles. The first kappa shape index (κ1) is 17.0. The minimum atomic E-state index is -0.488. The smallest absolute Gasteiger partial charge is 0.262 e. The second-order valence-corrected chi connectivity index (χ2v) is 6.55. The average Bonchev–Trinajstić information content (AvgIpc) is 3.36. The number of hydrogen-bond donors (Lipinski definition) is 2. The van der Waals surface area contributed by atoms with Crippen LogP contribution in [0.5, 0.6) is 0 Å². The van der Waals surface area contributed by atoms with Crippen LogP contribution >= 0.6 is 0 Å².